The Morgan fingerprint density at radius 1 is 1.29 bits per heavy atom. The summed E-state index contributed by atoms with van der Waals surface area (Å²) in [5.74, 6) is -0.837. The van der Waals surface area contributed by atoms with Gasteiger partial charge in [-0.2, -0.15) is 0 Å². The lowest BCUT2D eigenvalue weighted by Crippen LogP contribution is -2.49. The second-order valence-electron chi connectivity index (χ2n) is 4.33. The summed E-state index contributed by atoms with van der Waals surface area (Å²) in [4.78, 5) is 13.3. The van der Waals surface area contributed by atoms with Crippen LogP contribution in [0.2, 0.25) is 0 Å². The maximum atomic E-state index is 10.9. The van der Waals surface area contributed by atoms with Crippen LogP contribution in [0.1, 0.15) is 19.3 Å². The molecular formula is C10H18N2O2. The van der Waals surface area contributed by atoms with Crippen molar-refractivity contribution in [2.24, 2.45) is 5.92 Å². The lowest BCUT2D eigenvalue weighted by Gasteiger charge is -2.34. The second kappa shape index (κ2) is 4.28. The van der Waals surface area contributed by atoms with Crippen molar-refractivity contribution in [3.05, 3.63) is 0 Å². The molecule has 2 atom stereocenters. The van der Waals surface area contributed by atoms with E-state index in [2.05, 4.69) is 10.2 Å². The molecule has 4 heteroatoms. The quantitative estimate of drug-likeness (QED) is 0.663. The molecule has 0 unspecified atom stereocenters. The highest BCUT2D eigenvalue weighted by molar-refractivity contribution is 5.70. The lowest BCUT2D eigenvalue weighted by atomic mass is 9.95. The van der Waals surface area contributed by atoms with Crippen LogP contribution in [0.25, 0.3) is 0 Å². The number of carbonyl (C=O) groups is 1. The number of nitrogens with zero attached hydrogens (tertiary/aromatic N) is 1. The van der Waals surface area contributed by atoms with Crippen LogP contribution in [-0.4, -0.2) is 48.2 Å². The van der Waals surface area contributed by atoms with Crippen LogP contribution in [-0.2, 0) is 4.79 Å². The summed E-state index contributed by atoms with van der Waals surface area (Å²) in [5.41, 5.74) is 0. The Labute approximate surface area is 84.3 Å². The molecule has 0 bridgehead atoms. The Balaban J connectivity index is 1.89. The molecule has 0 aromatic rings. The third-order valence-electron chi connectivity index (χ3n) is 3.33. The van der Waals surface area contributed by atoms with Crippen molar-refractivity contribution in [3.63, 3.8) is 0 Å². The summed E-state index contributed by atoms with van der Waals surface area (Å²) >= 11 is 0. The van der Waals surface area contributed by atoms with Crippen LogP contribution in [0.3, 0.4) is 0 Å². The van der Waals surface area contributed by atoms with Gasteiger partial charge in [0.2, 0.25) is 0 Å². The summed E-state index contributed by atoms with van der Waals surface area (Å²) in [6.07, 6.45) is 3.37. The van der Waals surface area contributed by atoms with Crippen LogP contribution in [0.5, 0.6) is 0 Å². The van der Waals surface area contributed by atoms with Crippen LogP contribution < -0.4 is 5.32 Å². The number of aliphatic carboxylic acids is 1. The van der Waals surface area contributed by atoms with Gasteiger partial charge in [0, 0.05) is 19.1 Å². The van der Waals surface area contributed by atoms with Gasteiger partial charge in [-0.3, -0.25) is 9.69 Å². The molecule has 2 heterocycles. The van der Waals surface area contributed by atoms with E-state index in [0.717, 1.165) is 26.1 Å². The molecule has 0 radical (unpaired) electrons. The molecule has 2 saturated heterocycles. The predicted octanol–water partition coefficient (Wildman–Crippen LogP) is 0.145. The van der Waals surface area contributed by atoms with E-state index in [1.54, 1.807) is 0 Å². The highest BCUT2D eigenvalue weighted by Gasteiger charge is 2.31. The number of nitrogens with one attached hydrogen (secondary N) is 1. The van der Waals surface area contributed by atoms with Crippen molar-refractivity contribution >= 4 is 5.97 Å². The van der Waals surface area contributed by atoms with Gasteiger partial charge in [0.15, 0.2) is 0 Å². The van der Waals surface area contributed by atoms with E-state index in [1.807, 2.05) is 0 Å². The number of likely N-dealkylation sites (tertiary alicyclic amines) is 1. The van der Waals surface area contributed by atoms with E-state index in [-0.39, 0.29) is 5.92 Å². The Kier molecular flexibility index (Phi) is 3.03. The van der Waals surface area contributed by atoms with Crippen LogP contribution in [0.15, 0.2) is 0 Å². The standard InChI is InChI=1S/C10H18N2O2/c13-10(14)8-5-9(7-11-6-8)12-3-1-2-4-12/h8-9,11H,1-7H2,(H,13,14)/t8-,9+/m0/s1. The molecule has 2 N–H and O–H groups in total. The molecule has 0 aliphatic carbocycles. The average molecular weight is 198 g/mol. The molecule has 2 fully saturated rings. The normalized spacial score (nSPS) is 34.6. The van der Waals surface area contributed by atoms with Gasteiger partial charge >= 0.3 is 5.97 Å². The monoisotopic (exact) mass is 198 g/mol. The van der Waals surface area contributed by atoms with Gasteiger partial charge in [0.1, 0.15) is 0 Å². The van der Waals surface area contributed by atoms with Gasteiger partial charge in [-0.1, -0.05) is 0 Å². The Hall–Kier alpha value is -0.610. The fourth-order valence-electron chi connectivity index (χ4n) is 2.49. The van der Waals surface area contributed by atoms with E-state index < -0.39 is 5.97 Å². The summed E-state index contributed by atoms with van der Waals surface area (Å²) in [6, 6.07) is 0.451. The number of carboxylic acid groups (broad SMARTS) is 1. The number of rotatable bonds is 2. The number of hydrogen-bond acceptors (Lipinski definition) is 3. The molecule has 4 nitrogen and oxygen atoms in total. The van der Waals surface area contributed by atoms with Gasteiger partial charge in [0.05, 0.1) is 5.92 Å². The molecule has 0 amide bonds. The van der Waals surface area contributed by atoms with Crippen LogP contribution in [0, 0.1) is 5.92 Å². The minimum Gasteiger partial charge on any atom is -0.481 e. The zero-order chi connectivity index (χ0) is 9.97. The van der Waals surface area contributed by atoms with E-state index in [1.165, 1.54) is 12.8 Å². The van der Waals surface area contributed by atoms with Crippen molar-refractivity contribution in [2.75, 3.05) is 26.2 Å². The van der Waals surface area contributed by atoms with Gasteiger partial charge < -0.3 is 10.4 Å². The first-order valence-electron chi connectivity index (χ1n) is 5.45. The van der Waals surface area contributed by atoms with E-state index >= 15 is 0 Å². The highest BCUT2D eigenvalue weighted by Crippen LogP contribution is 2.20. The Morgan fingerprint density at radius 3 is 2.64 bits per heavy atom. The molecule has 0 aromatic heterocycles. The number of carboxylic acids is 1. The summed E-state index contributed by atoms with van der Waals surface area (Å²) < 4.78 is 0. The van der Waals surface area contributed by atoms with Crippen LogP contribution >= 0.6 is 0 Å². The zero-order valence-corrected chi connectivity index (χ0v) is 8.41. The van der Waals surface area contributed by atoms with Gasteiger partial charge in [-0.15, -0.1) is 0 Å². The first-order chi connectivity index (χ1) is 6.77. The first-order valence-corrected chi connectivity index (χ1v) is 5.45. The minimum atomic E-state index is -0.651. The molecule has 0 spiro atoms. The molecule has 80 valence electrons. The smallest absolute Gasteiger partial charge is 0.307 e. The SMILES string of the molecule is O=C(O)[C@@H]1CNC[C@H](N2CCCC2)C1. The first kappa shape index (κ1) is 9.93. The largest absolute Gasteiger partial charge is 0.481 e. The van der Waals surface area contributed by atoms with Crippen molar-refractivity contribution < 1.29 is 9.90 Å². The highest BCUT2D eigenvalue weighted by atomic mass is 16.4. The average Bonchev–Trinajstić information content (AvgIpc) is 2.71. The van der Waals surface area contributed by atoms with Crippen molar-refractivity contribution in [2.45, 2.75) is 25.3 Å². The predicted molar refractivity (Wildman–Crippen MR) is 53.2 cm³/mol. The Morgan fingerprint density at radius 2 is 2.00 bits per heavy atom. The van der Waals surface area contributed by atoms with Crippen molar-refractivity contribution in [3.8, 4) is 0 Å². The fraction of sp³-hybridized carbons (Fsp3) is 0.900. The fourth-order valence-corrected chi connectivity index (χ4v) is 2.49. The summed E-state index contributed by atoms with van der Waals surface area (Å²) in [7, 11) is 0. The van der Waals surface area contributed by atoms with E-state index in [9.17, 15) is 4.79 Å². The van der Waals surface area contributed by atoms with Gasteiger partial charge in [0.25, 0.3) is 0 Å². The van der Waals surface area contributed by atoms with E-state index in [4.69, 9.17) is 5.11 Å². The topological polar surface area (TPSA) is 52.6 Å². The molecule has 2 aliphatic heterocycles. The number of hydrogen-bond donors (Lipinski definition) is 2. The van der Waals surface area contributed by atoms with Gasteiger partial charge in [-0.05, 0) is 32.4 Å². The molecular weight excluding hydrogens is 180 g/mol. The molecule has 0 saturated carbocycles. The maximum Gasteiger partial charge on any atom is 0.307 e. The van der Waals surface area contributed by atoms with Gasteiger partial charge in [-0.25, -0.2) is 0 Å². The molecule has 0 aromatic carbocycles. The molecule has 14 heavy (non-hydrogen) atoms. The van der Waals surface area contributed by atoms with Crippen molar-refractivity contribution in [1.82, 2.24) is 10.2 Å². The van der Waals surface area contributed by atoms with Crippen LogP contribution in [0.4, 0.5) is 0 Å². The van der Waals surface area contributed by atoms with E-state index in [0.29, 0.717) is 12.6 Å². The minimum absolute atomic E-state index is 0.186. The van der Waals surface area contributed by atoms with Crippen molar-refractivity contribution in [1.29, 1.82) is 0 Å². The number of piperidine rings is 1. The second-order valence-corrected chi connectivity index (χ2v) is 4.33. The zero-order valence-electron chi connectivity index (χ0n) is 8.41. The summed E-state index contributed by atoms with van der Waals surface area (Å²) in [6.45, 7) is 3.90. The summed E-state index contributed by atoms with van der Waals surface area (Å²) in [5, 5.41) is 12.2. The lowest BCUT2D eigenvalue weighted by molar-refractivity contribution is -0.142. The third-order valence-corrected chi connectivity index (χ3v) is 3.33. The Bertz CT molecular complexity index is 214. The maximum absolute atomic E-state index is 10.9. The molecule has 2 rings (SSSR count). The third kappa shape index (κ3) is 2.07. The molecule has 2 aliphatic rings.